The number of aromatic nitrogens is 2. The average Bonchev–Trinajstić information content (AvgIpc) is 3.06. The molecule has 0 N–H and O–H groups in total. The van der Waals surface area contributed by atoms with Gasteiger partial charge in [-0.3, -0.25) is 9.68 Å². The van der Waals surface area contributed by atoms with Crippen LogP contribution in [0.4, 0.5) is 13.2 Å². The van der Waals surface area contributed by atoms with Crippen molar-refractivity contribution in [1.29, 1.82) is 0 Å². The van der Waals surface area contributed by atoms with Crippen LogP contribution in [0.3, 0.4) is 0 Å². The maximum Gasteiger partial charge on any atom is 0.416 e. The van der Waals surface area contributed by atoms with E-state index < -0.39 is 38.4 Å². The van der Waals surface area contributed by atoms with E-state index in [1.54, 1.807) is 19.1 Å². The van der Waals surface area contributed by atoms with Gasteiger partial charge < -0.3 is 9.30 Å². The molecule has 8 nitrogen and oxygen atoms in total. The molecular weight excluding hydrogens is 489 g/mol. The van der Waals surface area contributed by atoms with Crippen molar-refractivity contribution in [2.45, 2.75) is 30.5 Å². The van der Waals surface area contributed by atoms with Crippen LogP contribution in [0.2, 0.25) is 0 Å². The summed E-state index contributed by atoms with van der Waals surface area (Å²) in [5, 5.41) is 0.480. The van der Waals surface area contributed by atoms with Crippen LogP contribution in [0.1, 0.15) is 28.3 Å². The smallest absolute Gasteiger partial charge is 0.416 e. The first-order valence-electron chi connectivity index (χ1n) is 10.0. The molecule has 186 valence electrons. The van der Waals surface area contributed by atoms with Gasteiger partial charge in [0.1, 0.15) is 11.6 Å². The summed E-state index contributed by atoms with van der Waals surface area (Å²) in [5.74, 6) is 0.746. The first-order chi connectivity index (χ1) is 16.4. The fourth-order valence-corrected chi connectivity index (χ4v) is 4.38. The van der Waals surface area contributed by atoms with Gasteiger partial charge in [0, 0.05) is 35.6 Å². The van der Waals surface area contributed by atoms with Crippen molar-refractivity contribution < 1.29 is 40.9 Å². The zero-order valence-corrected chi connectivity index (χ0v) is 20.0. The van der Waals surface area contributed by atoms with E-state index in [4.69, 9.17) is 4.74 Å². The van der Waals surface area contributed by atoms with Gasteiger partial charge in [0.05, 0.1) is 24.7 Å². The van der Waals surface area contributed by atoms with Gasteiger partial charge >= 0.3 is 12.1 Å². The van der Waals surface area contributed by atoms with Crippen molar-refractivity contribution in [3.63, 3.8) is 0 Å². The molecule has 0 fully saturated rings. The topological polar surface area (TPSA) is 96.7 Å². The van der Waals surface area contributed by atoms with Crippen molar-refractivity contribution in [3.05, 3.63) is 58.9 Å². The monoisotopic (exact) mass is 510 g/mol. The number of nitrogens with zero attached hydrogens (tertiary/aromatic N) is 2. The molecule has 3 aromatic rings. The number of benzene rings is 1. The minimum atomic E-state index is -4.80. The number of hydrogen-bond donors (Lipinski definition) is 0. The molecule has 0 aliphatic rings. The molecule has 1 unspecified atom stereocenters. The molecule has 0 saturated heterocycles. The summed E-state index contributed by atoms with van der Waals surface area (Å²) in [6.45, 7) is 1.32. The molecule has 35 heavy (non-hydrogen) atoms. The molecule has 2 aromatic heterocycles. The van der Waals surface area contributed by atoms with Crippen LogP contribution in [0.25, 0.3) is 11.0 Å². The van der Waals surface area contributed by atoms with Gasteiger partial charge in [-0.1, -0.05) is 6.07 Å². The second kappa shape index (κ2) is 9.97. The summed E-state index contributed by atoms with van der Waals surface area (Å²) in [6.07, 6.45) is -0.263. The molecule has 0 aliphatic carbocycles. The highest BCUT2D eigenvalue weighted by Gasteiger charge is 2.35. The lowest BCUT2D eigenvalue weighted by Gasteiger charge is -2.16. The first-order valence-corrected chi connectivity index (χ1v) is 11.9. The number of esters is 1. The van der Waals surface area contributed by atoms with Gasteiger partial charge in [-0.05, 0) is 42.7 Å². The highest BCUT2D eigenvalue weighted by molar-refractivity contribution is 7.90. The lowest BCUT2D eigenvalue weighted by atomic mass is 9.97. The Bertz CT molecular complexity index is 1440. The van der Waals surface area contributed by atoms with Gasteiger partial charge in [0.25, 0.3) is 0 Å². The Kier molecular flexibility index (Phi) is 7.42. The van der Waals surface area contributed by atoms with Gasteiger partial charge in [0.15, 0.2) is 15.9 Å². The number of methoxy groups -OCH3 is 1. The van der Waals surface area contributed by atoms with Crippen LogP contribution >= 0.6 is 0 Å². The Morgan fingerprint density at radius 1 is 1.23 bits per heavy atom. The third-order valence-corrected chi connectivity index (χ3v) is 6.43. The second-order valence-corrected chi connectivity index (χ2v) is 9.52. The van der Waals surface area contributed by atoms with Crippen molar-refractivity contribution in [3.8, 4) is 12.0 Å². The van der Waals surface area contributed by atoms with Gasteiger partial charge in [0.2, 0.25) is 0 Å². The summed E-state index contributed by atoms with van der Waals surface area (Å²) < 4.78 is 71.6. The van der Waals surface area contributed by atoms with Crippen LogP contribution in [0.15, 0.2) is 41.4 Å². The Balaban J connectivity index is 2.24. The Morgan fingerprint density at radius 2 is 1.94 bits per heavy atom. The molecule has 0 bridgehead atoms. The number of halogens is 3. The maximum atomic E-state index is 13.9. The van der Waals surface area contributed by atoms with E-state index in [0.717, 1.165) is 18.4 Å². The number of carbonyl (C=O) groups excluding carboxylic acids is 1. The van der Waals surface area contributed by atoms with Crippen LogP contribution in [0, 0.1) is 19.0 Å². The zero-order chi connectivity index (χ0) is 26.0. The van der Waals surface area contributed by atoms with Crippen molar-refractivity contribution >= 4 is 26.8 Å². The molecule has 0 spiro atoms. The molecular formula is C23H21F3N2O6S. The van der Waals surface area contributed by atoms with E-state index in [-0.39, 0.29) is 12.1 Å². The molecule has 0 aliphatic heterocycles. The lowest BCUT2D eigenvalue weighted by molar-refractivity contribution is -0.209. The number of ether oxygens (including phenoxy) is 1. The zero-order valence-electron chi connectivity index (χ0n) is 19.1. The van der Waals surface area contributed by atoms with Gasteiger partial charge in [-0.15, -0.1) is 0 Å². The van der Waals surface area contributed by atoms with E-state index >= 15 is 0 Å². The van der Waals surface area contributed by atoms with Crippen molar-refractivity contribution in [1.82, 2.24) is 9.55 Å². The minimum absolute atomic E-state index is 0.175. The van der Waals surface area contributed by atoms with Crippen LogP contribution in [-0.2, 0) is 41.9 Å². The molecule has 1 aromatic carbocycles. The van der Waals surface area contributed by atoms with Crippen LogP contribution in [-0.4, -0.2) is 44.4 Å². The second-order valence-electron chi connectivity index (χ2n) is 7.50. The highest BCUT2D eigenvalue weighted by Crippen LogP contribution is 2.36. The third kappa shape index (κ3) is 5.41. The van der Waals surface area contributed by atoms with E-state index in [9.17, 15) is 26.4 Å². The Labute approximate surface area is 199 Å². The maximum absolute atomic E-state index is 13.9. The Morgan fingerprint density at radius 3 is 2.54 bits per heavy atom. The summed E-state index contributed by atoms with van der Waals surface area (Å²) in [4.78, 5) is 25.4. The van der Waals surface area contributed by atoms with E-state index in [1.807, 2.05) is 0 Å². The molecule has 0 radical (unpaired) electrons. The van der Waals surface area contributed by atoms with Crippen molar-refractivity contribution in [2.75, 3.05) is 20.5 Å². The summed E-state index contributed by atoms with van der Waals surface area (Å²) >= 11 is 0. The molecule has 1 atom stereocenters. The molecule has 3 rings (SSSR count). The first kappa shape index (κ1) is 26.1. The van der Waals surface area contributed by atoms with Crippen LogP contribution < -0.4 is 0 Å². The van der Waals surface area contributed by atoms with Crippen molar-refractivity contribution in [2.24, 2.45) is 0 Å². The predicted octanol–water partition coefficient (Wildman–Crippen LogP) is 3.61. The fraction of sp³-hybridized carbons (Fsp3) is 0.304. The quantitative estimate of drug-likeness (QED) is 0.216. The number of fused-ring (bicyclic) bond motifs is 1. The van der Waals surface area contributed by atoms with Gasteiger partial charge in [-0.2, -0.15) is 18.1 Å². The molecule has 2 heterocycles. The number of rotatable bonds is 6. The van der Waals surface area contributed by atoms with E-state index in [0.29, 0.717) is 28.4 Å². The SMILES string of the molecule is COOC#CC(C(=O)OC)c1c(C)n(Cc2ccc(S(C)(=O)=O)cc2C(F)(F)F)c2ncccc12. The molecule has 0 amide bonds. The number of alkyl halides is 3. The molecule has 12 heteroatoms. The number of carbonyl (C=O) groups is 1. The largest absolute Gasteiger partial charge is 0.468 e. The summed E-state index contributed by atoms with van der Waals surface area (Å²) in [5.41, 5.74) is -0.152. The molecule has 0 saturated carbocycles. The lowest BCUT2D eigenvalue weighted by Crippen LogP contribution is -2.16. The van der Waals surface area contributed by atoms with Crippen LogP contribution in [0.5, 0.6) is 0 Å². The Hall–Kier alpha value is -3.56. The average molecular weight is 510 g/mol. The standard InChI is InChI=1S/C23H21F3N2O6S/c1-14-20(18(22(29)32-2)9-11-34-33-3)17-6-5-10-27-21(17)28(14)13-15-7-8-16(35(4,30)31)12-19(15)23(24,25)26/h5-8,10,12,18H,13H2,1-4H3. The van der Waals surface area contributed by atoms with E-state index in [2.05, 4.69) is 26.8 Å². The minimum Gasteiger partial charge on any atom is -0.468 e. The third-order valence-electron chi connectivity index (χ3n) is 5.32. The van der Waals surface area contributed by atoms with Gasteiger partial charge in [-0.25, -0.2) is 13.4 Å². The normalized spacial score (nSPS) is 12.7. The number of pyridine rings is 1. The fourth-order valence-electron chi connectivity index (χ4n) is 3.73. The summed E-state index contributed by atoms with van der Waals surface area (Å²) in [6, 6.07) is 6.14. The number of hydrogen-bond acceptors (Lipinski definition) is 7. The highest BCUT2D eigenvalue weighted by atomic mass is 32.2. The number of sulfone groups is 1. The van der Waals surface area contributed by atoms with E-state index in [1.165, 1.54) is 25.0 Å². The summed E-state index contributed by atoms with van der Waals surface area (Å²) in [7, 11) is -1.44. The predicted molar refractivity (Wildman–Crippen MR) is 119 cm³/mol.